The lowest BCUT2D eigenvalue weighted by molar-refractivity contribution is 0.475. The van der Waals surface area contributed by atoms with Gasteiger partial charge in [0.15, 0.2) is 5.96 Å². The van der Waals surface area contributed by atoms with Crippen LogP contribution in [0, 0.1) is 0 Å². The van der Waals surface area contributed by atoms with E-state index in [1.54, 1.807) is 18.3 Å². The van der Waals surface area contributed by atoms with Crippen molar-refractivity contribution < 1.29 is 5.11 Å². The molecule has 1 aromatic heterocycles. The molecule has 122 valence electrons. The van der Waals surface area contributed by atoms with Gasteiger partial charge in [-0.2, -0.15) is 0 Å². The number of nitrogens with one attached hydrogen (secondary N) is 2. The maximum Gasteiger partial charge on any atom is 0.191 e. The third-order valence-electron chi connectivity index (χ3n) is 3.34. The number of pyridine rings is 1. The van der Waals surface area contributed by atoms with E-state index in [9.17, 15) is 5.11 Å². The molecule has 0 bridgehead atoms. The SMILES string of the molecule is CCNC(=NCc1ccccn1)NCCCc1ccc(O)cc1. The Morgan fingerprint density at radius 2 is 1.96 bits per heavy atom. The molecule has 0 saturated heterocycles. The third kappa shape index (κ3) is 6.38. The number of guanidine groups is 1. The molecular weight excluding hydrogens is 288 g/mol. The van der Waals surface area contributed by atoms with Gasteiger partial charge in [0.05, 0.1) is 12.2 Å². The maximum absolute atomic E-state index is 9.27. The first kappa shape index (κ1) is 16.8. The lowest BCUT2D eigenvalue weighted by Crippen LogP contribution is -2.37. The summed E-state index contributed by atoms with van der Waals surface area (Å²) >= 11 is 0. The van der Waals surface area contributed by atoms with E-state index in [0.717, 1.165) is 37.6 Å². The van der Waals surface area contributed by atoms with Crippen LogP contribution in [0.4, 0.5) is 0 Å². The van der Waals surface area contributed by atoms with Crippen LogP contribution in [0.5, 0.6) is 5.75 Å². The molecule has 23 heavy (non-hydrogen) atoms. The van der Waals surface area contributed by atoms with Crippen LogP contribution in [0.1, 0.15) is 24.6 Å². The Hall–Kier alpha value is -2.56. The van der Waals surface area contributed by atoms with Crippen molar-refractivity contribution in [3.05, 3.63) is 59.9 Å². The first-order valence-corrected chi connectivity index (χ1v) is 7.98. The van der Waals surface area contributed by atoms with Gasteiger partial charge in [0.25, 0.3) is 0 Å². The minimum atomic E-state index is 0.308. The average molecular weight is 312 g/mol. The van der Waals surface area contributed by atoms with Gasteiger partial charge in [-0.15, -0.1) is 0 Å². The lowest BCUT2D eigenvalue weighted by Gasteiger charge is -2.11. The van der Waals surface area contributed by atoms with Crippen LogP contribution in [0.3, 0.4) is 0 Å². The summed E-state index contributed by atoms with van der Waals surface area (Å²) < 4.78 is 0. The Morgan fingerprint density at radius 1 is 1.13 bits per heavy atom. The topological polar surface area (TPSA) is 69.5 Å². The number of hydrogen-bond donors (Lipinski definition) is 3. The van der Waals surface area contributed by atoms with E-state index in [-0.39, 0.29) is 0 Å². The number of benzene rings is 1. The zero-order valence-corrected chi connectivity index (χ0v) is 13.5. The fourth-order valence-corrected chi connectivity index (χ4v) is 2.16. The van der Waals surface area contributed by atoms with E-state index in [1.165, 1.54) is 5.56 Å². The number of nitrogens with zero attached hydrogens (tertiary/aromatic N) is 2. The second-order valence-corrected chi connectivity index (χ2v) is 5.21. The maximum atomic E-state index is 9.27. The Morgan fingerprint density at radius 3 is 2.65 bits per heavy atom. The molecule has 0 aliphatic carbocycles. The van der Waals surface area contributed by atoms with Gasteiger partial charge in [0, 0.05) is 19.3 Å². The number of hydrogen-bond acceptors (Lipinski definition) is 3. The van der Waals surface area contributed by atoms with Gasteiger partial charge < -0.3 is 15.7 Å². The Balaban J connectivity index is 1.76. The molecule has 1 aromatic carbocycles. The predicted molar refractivity (Wildman–Crippen MR) is 93.5 cm³/mol. The van der Waals surface area contributed by atoms with E-state index in [2.05, 4.69) is 27.5 Å². The second kappa shape index (κ2) is 9.46. The molecule has 0 saturated carbocycles. The summed E-state index contributed by atoms with van der Waals surface area (Å²) in [6.07, 6.45) is 3.74. The number of phenolic OH excluding ortho intramolecular Hbond substituents is 1. The van der Waals surface area contributed by atoms with Gasteiger partial charge in [-0.1, -0.05) is 18.2 Å². The molecule has 5 nitrogen and oxygen atoms in total. The molecule has 2 rings (SSSR count). The van der Waals surface area contributed by atoms with E-state index in [4.69, 9.17) is 0 Å². The van der Waals surface area contributed by atoms with Gasteiger partial charge in [-0.3, -0.25) is 4.98 Å². The highest BCUT2D eigenvalue weighted by Crippen LogP contribution is 2.10. The van der Waals surface area contributed by atoms with E-state index >= 15 is 0 Å². The first-order valence-electron chi connectivity index (χ1n) is 7.98. The summed E-state index contributed by atoms with van der Waals surface area (Å²) in [6.45, 7) is 4.28. The average Bonchev–Trinajstić information content (AvgIpc) is 2.59. The summed E-state index contributed by atoms with van der Waals surface area (Å²) in [7, 11) is 0. The van der Waals surface area contributed by atoms with E-state index in [1.807, 2.05) is 30.3 Å². The highest BCUT2D eigenvalue weighted by Gasteiger charge is 1.99. The molecule has 5 heteroatoms. The normalized spacial score (nSPS) is 11.3. The van der Waals surface area contributed by atoms with E-state index < -0.39 is 0 Å². The smallest absolute Gasteiger partial charge is 0.191 e. The van der Waals surface area contributed by atoms with Gasteiger partial charge >= 0.3 is 0 Å². The van der Waals surface area contributed by atoms with Gasteiger partial charge in [0.2, 0.25) is 0 Å². The Labute approximate surface area is 137 Å². The monoisotopic (exact) mass is 312 g/mol. The van der Waals surface area contributed by atoms with Crippen LogP contribution >= 0.6 is 0 Å². The van der Waals surface area contributed by atoms with Crippen LogP contribution in [-0.2, 0) is 13.0 Å². The number of aliphatic imine (C=N–C) groups is 1. The van der Waals surface area contributed by atoms with Gasteiger partial charge in [0.1, 0.15) is 5.75 Å². The van der Waals surface area contributed by atoms with Crippen LogP contribution in [0.25, 0.3) is 0 Å². The van der Waals surface area contributed by atoms with Crippen molar-refractivity contribution in [1.29, 1.82) is 0 Å². The standard InChI is InChI=1S/C18H24N4O/c1-2-19-18(22-14-16-7-3-4-12-20-16)21-13-5-6-15-8-10-17(23)11-9-15/h3-4,7-12,23H,2,5-6,13-14H2,1H3,(H2,19,21,22). The van der Waals surface area contributed by atoms with Crippen molar-refractivity contribution in [2.24, 2.45) is 4.99 Å². The van der Waals surface area contributed by atoms with Crippen molar-refractivity contribution in [1.82, 2.24) is 15.6 Å². The van der Waals surface area contributed by atoms with Crippen molar-refractivity contribution in [2.45, 2.75) is 26.3 Å². The minimum Gasteiger partial charge on any atom is -0.508 e. The molecule has 0 atom stereocenters. The van der Waals surface area contributed by atoms with Crippen molar-refractivity contribution in [2.75, 3.05) is 13.1 Å². The van der Waals surface area contributed by atoms with Gasteiger partial charge in [-0.25, -0.2) is 4.99 Å². The number of phenols is 1. The van der Waals surface area contributed by atoms with Crippen molar-refractivity contribution >= 4 is 5.96 Å². The molecule has 0 radical (unpaired) electrons. The van der Waals surface area contributed by atoms with Crippen LogP contribution in [-0.4, -0.2) is 29.1 Å². The fourth-order valence-electron chi connectivity index (χ4n) is 2.16. The van der Waals surface area contributed by atoms with Crippen LogP contribution in [0.2, 0.25) is 0 Å². The largest absolute Gasteiger partial charge is 0.508 e. The predicted octanol–water partition coefficient (Wildman–Crippen LogP) is 2.48. The molecule has 2 aromatic rings. The number of aromatic nitrogens is 1. The van der Waals surface area contributed by atoms with Crippen LogP contribution < -0.4 is 10.6 Å². The highest BCUT2D eigenvalue weighted by molar-refractivity contribution is 5.79. The van der Waals surface area contributed by atoms with E-state index in [0.29, 0.717) is 12.3 Å². The summed E-state index contributed by atoms with van der Waals surface area (Å²) in [6, 6.07) is 13.2. The molecule has 1 heterocycles. The summed E-state index contributed by atoms with van der Waals surface area (Å²) in [5.41, 5.74) is 2.17. The molecule has 0 amide bonds. The van der Waals surface area contributed by atoms with Crippen LogP contribution in [0.15, 0.2) is 53.7 Å². The summed E-state index contributed by atoms with van der Waals surface area (Å²) in [5.74, 6) is 1.12. The summed E-state index contributed by atoms with van der Waals surface area (Å²) in [4.78, 5) is 8.81. The third-order valence-corrected chi connectivity index (χ3v) is 3.34. The molecule has 0 fully saturated rings. The molecule has 0 unspecified atom stereocenters. The number of aromatic hydroxyl groups is 1. The Kier molecular flexibility index (Phi) is 6.91. The molecule has 0 spiro atoms. The fraction of sp³-hybridized carbons (Fsp3) is 0.333. The molecule has 0 aliphatic heterocycles. The van der Waals surface area contributed by atoms with Crippen molar-refractivity contribution in [3.8, 4) is 5.75 Å². The zero-order chi connectivity index (χ0) is 16.3. The molecular formula is C18H24N4O. The zero-order valence-electron chi connectivity index (χ0n) is 13.5. The number of rotatable bonds is 7. The second-order valence-electron chi connectivity index (χ2n) is 5.21. The quantitative estimate of drug-likeness (QED) is 0.417. The first-order chi connectivity index (χ1) is 11.3. The van der Waals surface area contributed by atoms with Gasteiger partial charge in [-0.05, 0) is 49.6 Å². The highest BCUT2D eigenvalue weighted by atomic mass is 16.3. The molecule has 0 aliphatic rings. The molecule has 3 N–H and O–H groups in total. The Bertz CT molecular complexity index is 596. The lowest BCUT2D eigenvalue weighted by atomic mass is 10.1. The minimum absolute atomic E-state index is 0.308. The number of aryl methyl sites for hydroxylation is 1. The van der Waals surface area contributed by atoms with Crippen molar-refractivity contribution in [3.63, 3.8) is 0 Å². The summed E-state index contributed by atoms with van der Waals surface area (Å²) in [5, 5.41) is 15.8.